The van der Waals surface area contributed by atoms with Crippen LogP contribution >= 0.6 is 0 Å². The summed E-state index contributed by atoms with van der Waals surface area (Å²) >= 11 is 0. The molecule has 0 radical (unpaired) electrons. The highest BCUT2D eigenvalue weighted by atomic mass is 16.6. The smallest absolute Gasteiger partial charge is 0.306 e. The van der Waals surface area contributed by atoms with E-state index >= 15 is 0 Å². The van der Waals surface area contributed by atoms with Crippen molar-refractivity contribution < 1.29 is 28.6 Å². The summed E-state index contributed by atoms with van der Waals surface area (Å²) in [6.07, 6.45) is 60.1. The van der Waals surface area contributed by atoms with Gasteiger partial charge in [-0.05, 0) is 57.8 Å². The van der Waals surface area contributed by atoms with E-state index in [2.05, 4.69) is 51.2 Å². The first kappa shape index (κ1) is 55.6. The summed E-state index contributed by atoms with van der Waals surface area (Å²) in [5.41, 5.74) is 0. The second-order valence-electron chi connectivity index (χ2n) is 15.7. The van der Waals surface area contributed by atoms with E-state index in [4.69, 9.17) is 14.2 Å². The molecule has 0 N–H and O–H groups in total. The number of unbranched alkanes of at least 4 members (excludes halogenated alkanes) is 21. The fourth-order valence-electron chi connectivity index (χ4n) is 6.45. The molecule has 0 aliphatic rings. The lowest BCUT2D eigenvalue weighted by Crippen LogP contribution is -2.30. The van der Waals surface area contributed by atoms with Gasteiger partial charge in [0.25, 0.3) is 0 Å². The van der Waals surface area contributed by atoms with Crippen molar-refractivity contribution in [1.29, 1.82) is 0 Å². The average Bonchev–Trinajstić information content (AvgIpc) is 3.23. The molecule has 0 saturated heterocycles. The molecule has 0 saturated carbocycles. The van der Waals surface area contributed by atoms with Crippen molar-refractivity contribution in [1.82, 2.24) is 0 Å². The number of rotatable bonds is 42. The van der Waals surface area contributed by atoms with Crippen molar-refractivity contribution in [2.24, 2.45) is 0 Å². The molecule has 1 atom stereocenters. The third-order valence-electron chi connectivity index (χ3n) is 10.0. The topological polar surface area (TPSA) is 78.9 Å². The van der Waals surface area contributed by atoms with Crippen LogP contribution in [0.25, 0.3) is 0 Å². The minimum atomic E-state index is -0.816. The maximum Gasteiger partial charge on any atom is 0.306 e. The third kappa shape index (κ3) is 45.5. The van der Waals surface area contributed by atoms with E-state index in [9.17, 15) is 14.4 Å². The number of allylic oxidation sites excluding steroid dienone is 14. The number of esters is 3. The number of ether oxygens (including phenoxy) is 3. The molecule has 0 bridgehead atoms. The Hall–Kier alpha value is -3.41. The van der Waals surface area contributed by atoms with Crippen molar-refractivity contribution in [3.8, 4) is 0 Å². The molecule has 0 spiro atoms. The van der Waals surface area contributed by atoms with Gasteiger partial charge < -0.3 is 14.2 Å². The number of hydrogen-bond donors (Lipinski definition) is 0. The minimum Gasteiger partial charge on any atom is -0.462 e. The lowest BCUT2D eigenvalue weighted by Gasteiger charge is -2.18. The molecule has 0 rings (SSSR count). The van der Waals surface area contributed by atoms with E-state index in [1.165, 1.54) is 83.5 Å². The lowest BCUT2D eigenvalue weighted by molar-refractivity contribution is -0.167. The van der Waals surface area contributed by atoms with Crippen LogP contribution in [0.4, 0.5) is 0 Å². The molecule has 0 aromatic carbocycles. The van der Waals surface area contributed by atoms with E-state index in [0.29, 0.717) is 19.3 Å². The Bertz CT molecular complexity index is 1170. The Balaban J connectivity index is 4.47. The Morgan fingerprint density at radius 3 is 1.25 bits per heavy atom. The molecule has 0 amide bonds. The molecule has 0 fully saturated rings. The highest BCUT2D eigenvalue weighted by Crippen LogP contribution is 2.15. The zero-order chi connectivity index (χ0) is 43.0. The molecular formula is C53H88O6. The van der Waals surface area contributed by atoms with Gasteiger partial charge in [0.1, 0.15) is 13.2 Å². The molecule has 1 unspecified atom stereocenters. The fraction of sp³-hybridized carbons (Fsp3) is 0.679. The number of carbonyl (C=O) groups is 3. The fourth-order valence-corrected chi connectivity index (χ4v) is 6.45. The monoisotopic (exact) mass is 821 g/mol. The molecule has 0 aliphatic carbocycles. The largest absolute Gasteiger partial charge is 0.462 e. The van der Waals surface area contributed by atoms with Crippen LogP contribution in [0, 0.1) is 0 Å². The van der Waals surface area contributed by atoms with E-state index in [0.717, 1.165) is 83.5 Å². The second-order valence-corrected chi connectivity index (χ2v) is 15.7. The summed E-state index contributed by atoms with van der Waals surface area (Å²) in [6, 6.07) is 0. The van der Waals surface area contributed by atoms with E-state index in [1.807, 2.05) is 54.7 Å². The molecule has 0 aromatic rings. The number of carbonyl (C=O) groups excluding carboxylic acids is 3. The zero-order valence-electron chi connectivity index (χ0n) is 38.2. The second kappa shape index (κ2) is 47.3. The van der Waals surface area contributed by atoms with Crippen molar-refractivity contribution in [3.63, 3.8) is 0 Å². The summed E-state index contributed by atoms with van der Waals surface area (Å²) < 4.78 is 16.7. The van der Waals surface area contributed by atoms with Gasteiger partial charge in [-0.25, -0.2) is 0 Å². The Kier molecular flexibility index (Phi) is 44.5. The van der Waals surface area contributed by atoms with E-state index < -0.39 is 6.10 Å². The summed E-state index contributed by atoms with van der Waals surface area (Å²) in [5.74, 6) is -1.00. The third-order valence-corrected chi connectivity index (χ3v) is 10.0. The van der Waals surface area contributed by atoms with Crippen LogP contribution in [0.3, 0.4) is 0 Å². The van der Waals surface area contributed by atoms with Crippen LogP contribution in [-0.4, -0.2) is 37.2 Å². The van der Waals surface area contributed by atoms with Gasteiger partial charge in [-0.1, -0.05) is 221 Å². The normalized spacial score (nSPS) is 12.8. The molecule has 6 heteroatoms. The maximum atomic E-state index is 12.7. The summed E-state index contributed by atoms with van der Waals surface area (Å²) in [4.78, 5) is 37.8. The SMILES string of the molecule is CC\C=C/C=C\C=C/C=C\C=C/CCCC(=O)OC(COC(=O)CCCCCCC/C=C\C/C=C\CC)COC(=O)CCCCCCCCCCCCCCCCCC. The first-order valence-electron chi connectivity index (χ1n) is 24.2. The zero-order valence-corrected chi connectivity index (χ0v) is 38.2. The molecule has 0 heterocycles. The van der Waals surface area contributed by atoms with Crippen molar-refractivity contribution >= 4 is 17.9 Å². The maximum absolute atomic E-state index is 12.7. The van der Waals surface area contributed by atoms with Crippen molar-refractivity contribution in [2.45, 2.75) is 219 Å². The standard InChI is InChI=1S/C53H88O6/c1-4-7-10-13-16-19-22-25-26-27-29-31-34-37-40-43-46-52(55)58-49-50(48-57-51(54)45-42-39-36-33-30-24-21-18-15-12-9-6-3)59-53(56)47-44-41-38-35-32-28-23-20-17-14-11-8-5-2/h8-9,11-12,14,17-18,20-21,23,28,32,35,38,50H,4-7,10,13,15-16,19,22,24-27,29-31,33-34,36-37,39-49H2,1-3H3/b11-8-,12-9-,17-14-,21-18-,23-20-,32-28-,38-35-. The molecular weight excluding hydrogens is 733 g/mol. The van der Waals surface area contributed by atoms with Crippen LogP contribution in [0.15, 0.2) is 85.1 Å². The summed E-state index contributed by atoms with van der Waals surface area (Å²) in [6.45, 7) is 6.30. The van der Waals surface area contributed by atoms with E-state index in [-0.39, 0.29) is 37.5 Å². The first-order valence-corrected chi connectivity index (χ1v) is 24.2. The van der Waals surface area contributed by atoms with Gasteiger partial charge in [0.2, 0.25) is 0 Å². The van der Waals surface area contributed by atoms with Crippen LogP contribution in [0.1, 0.15) is 213 Å². The van der Waals surface area contributed by atoms with Gasteiger partial charge in [0, 0.05) is 19.3 Å². The van der Waals surface area contributed by atoms with Gasteiger partial charge in [-0.15, -0.1) is 0 Å². The van der Waals surface area contributed by atoms with E-state index in [1.54, 1.807) is 0 Å². The molecule has 0 aromatic heterocycles. The van der Waals surface area contributed by atoms with Gasteiger partial charge in [-0.2, -0.15) is 0 Å². The minimum absolute atomic E-state index is 0.109. The Morgan fingerprint density at radius 2 is 0.763 bits per heavy atom. The van der Waals surface area contributed by atoms with Crippen LogP contribution < -0.4 is 0 Å². The first-order chi connectivity index (χ1) is 29.0. The molecule has 59 heavy (non-hydrogen) atoms. The summed E-state index contributed by atoms with van der Waals surface area (Å²) in [7, 11) is 0. The molecule has 6 nitrogen and oxygen atoms in total. The molecule has 336 valence electrons. The van der Waals surface area contributed by atoms with Gasteiger partial charge in [0.15, 0.2) is 6.10 Å². The van der Waals surface area contributed by atoms with Crippen molar-refractivity contribution in [2.75, 3.05) is 13.2 Å². The van der Waals surface area contributed by atoms with Gasteiger partial charge in [0.05, 0.1) is 0 Å². The van der Waals surface area contributed by atoms with Gasteiger partial charge in [-0.3, -0.25) is 14.4 Å². The summed E-state index contributed by atoms with van der Waals surface area (Å²) in [5, 5.41) is 0. The van der Waals surface area contributed by atoms with Crippen LogP contribution in [0.2, 0.25) is 0 Å². The molecule has 0 aliphatic heterocycles. The van der Waals surface area contributed by atoms with Gasteiger partial charge >= 0.3 is 17.9 Å². The van der Waals surface area contributed by atoms with Crippen LogP contribution in [-0.2, 0) is 28.6 Å². The Morgan fingerprint density at radius 1 is 0.373 bits per heavy atom. The van der Waals surface area contributed by atoms with Crippen LogP contribution in [0.5, 0.6) is 0 Å². The lowest BCUT2D eigenvalue weighted by atomic mass is 10.0. The predicted octanol–water partition coefficient (Wildman–Crippen LogP) is 15.6. The predicted molar refractivity (Wildman–Crippen MR) is 251 cm³/mol. The Labute approximate surface area is 363 Å². The average molecular weight is 821 g/mol. The van der Waals surface area contributed by atoms with Crippen molar-refractivity contribution in [3.05, 3.63) is 85.1 Å². The number of hydrogen-bond acceptors (Lipinski definition) is 6. The highest BCUT2D eigenvalue weighted by molar-refractivity contribution is 5.71. The highest BCUT2D eigenvalue weighted by Gasteiger charge is 2.19. The quantitative estimate of drug-likeness (QED) is 0.0201.